The molecule has 3 aromatic rings. The number of fused-ring (bicyclic) bond motifs is 1. The zero-order valence-corrected chi connectivity index (χ0v) is 16.5. The first kappa shape index (κ1) is 19.8. The first-order chi connectivity index (χ1) is 13.5. The monoisotopic (exact) mass is 402 g/mol. The van der Waals surface area contributed by atoms with Gasteiger partial charge in [0, 0.05) is 17.0 Å². The van der Waals surface area contributed by atoms with Crippen LogP contribution in [0.1, 0.15) is 28.4 Å². The standard InChI is InChI=1S/C21H19ClO6/c1-4-12-5-6-15-14(10-19(23)28-17(15)7-12)11-27-21(24)13-8-16(22)20(26-3)18(9-13)25-2/h5-10H,4,11H2,1-3H3. The highest BCUT2D eigenvalue weighted by molar-refractivity contribution is 6.32. The van der Waals surface area contributed by atoms with Crippen molar-refractivity contribution < 1.29 is 23.4 Å². The van der Waals surface area contributed by atoms with Gasteiger partial charge in [-0.2, -0.15) is 0 Å². The van der Waals surface area contributed by atoms with Crippen molar-refractivity contribution >= 4 is 28.5 Å². The average molecular weight is 403 g/mol. The third kappa shape index (κ3) is 3.97. The van der Waals surface area contributed by atoms with Crippen molar-refractivity contribution in [2.75, 3.05) is 14.2 Å². The molecule has 0 atom stereocenters. The third-order valence-electron chi connectivity index (χ3n) is 4.33. The Labute approximate surface area is 166 Å². The van der Waals surface area contributed by atoms with Gasteiger partial charge in [0.05, 0.1) is 24.8 Å². The fourth-order valence-corrected chi connectivity index (χ4v) is 3.16. The lowest BCUT2D eigenvalue weighted by Crippen LogP contribution is -2.08. The van der Waals surface area contributed by atoms with Crippen molar-refractivity contribution in [2.45, 2.75) is 20.0 Å². The van der Waals surface area contributed by atoms with Gasteiger partial charge in [-0.15, -0.1) is 0 Å². The van der Waals surface area contributed by atoms with Crippen molar-refractivity contribution in [3.63, 3.8) is 0 Å². The first-order valence-electron chi connectivity index (χ1n) is 8.61. The van der Waals surface area contributed by atoms with E-state index in [0.717, 1.165) is 17.4 Å². The van der Waals surface area contributed by atoms with Crippen molar-refractivity contribution in [3.05, 3.63) is 68.5 Å². The Balaban J connectivity index is 1.87. The highest BCUT2D eigenvalue weighted by atomic mass is 35.5. The molecule has 6 nitrogen and oxygen atoms in total. The molecule has 0 radical (unpaired) electrons. The van der Waals surface area contributed by atoms with E-state index in [1.54, 1.807) is 0 Å². The van der Waals surface area contributed by atoms with Crippen molar-refractivity contribution in [3.8, 4) is 11.5 Å². The van der Waals surface area contributed by atoms with E-state index in [1.165, 1.54) is 32.4 Å². The molecule has 1 heterocycles. The molecular weight excluding hydrogens is 384 g/mol. The van der Waals surface area contributed by atoms with Crippen LogP contribution in [0.3, 0.4) is 0 Å². The summed E-state index contributed by atoms with van der Waals surface area (Å²) in [5.41, 5.74) is 1.79. The SMILES string of the molecule is CCc1ccc2c(COC(=O)c3cc(Cl)c(OC)c(OC)c3)cc(=O)oc2c1. The molecule has 0 aliphatic carbocycles. The van der Waals surface area contributed by atoms with Gasteiger partial charge in [0.25, 0.3) is 0 Å². The third-order valence-corrected chi connectivity index (χ3v) is 4.61. The van der Waals surface area contributed by atoms with Crippen LogP contribution >= 0.6 is 11.6 Å². The number of methoxy groups -OCH3 is 2. The summed E-state index contributed by atoms with van der Waals surface area (Å²) in [5.74, 6) is 0.0494. The number of hydrogen-bond acceptors (Lipinski definition) is 6. The highest BCUT2D eigenvalue weighted by Gasteiger charge is 2.17. The van der Waals surface area contributed by atoms with Crippen LogP contribution in [0.5, 0.6) is 11.5 Å². The smallest absolute Gasteiger partial charge is 0.338 e. The number of hydrogen-bond donors (Lipinski definition) is 0. The maximum Gasteiger partial charge on any atom is 0.338 e. The van der Waals surface area contributed by atoms with Gasteiger partial charge in [-0.05, 0) is 30.2 Å². The molecule has 146 valence electrons. The first-order valence-corrected chi connectivity index (χ1v) is 8.99. The maximum absolute atomic E-state index is 12.5. The van der Waals surface area contributed by atoms with E-state index >= 15 is 0 Å². The van der Waals surface area contributed by atoms with Gasteiger partial charge in [0.15, 0.2) is 11.5 Å². The molecule has 0 aliphatic rings. The number of carbonyl (C=O) groups is 1. The minimum absolute atomic E-state index is 0.0850. The lowest BCUT2D eigenvalue weighted by Gasteiger charge is -2.12. The highest BCUT2D eigenvalue weighted by Crippen LogP contribution is 2.36. The molecule has 7 heteroatoms. The van der Waals surface area contributed by atoms with Gasteiger partial charge in [0.1, 0.15) is 12.2 Å². The number of carbonyl (C=O) groups excluding carboxylic acids is 1. The fraction of sp³-hybridized carbons (Fsp3) is 0.238. The van der Waals surface area contributed by atoms with Gasteiger partial charge in [-0.25, -0.2) is 9.59 Å². The van der Waals surface area contributed by atoms with E-state index < -0.39 is 11.6 Å². The van der Waals surface area contributed by atoms with E-state index in [9.17, 15) is 9.59 Å². The summed E-state index contributed by atoms with van der Waals surface area (Å²) in [4.78, 5) is 24.3. The van der Waals surface area contributed by atoms with Crippen molar-refractivity contribution in [1.29, 1.82) is 0 Å². The summed E-state index contributed by atoms with van der Waals surface area (Å²) >= 11 is 6.14. The second kappa shape index (κ2) is 8.35. The molecular formula is C21H19ClO6. The predicted molar refractivity (Wildman–Crippen MR) is 106 cm³/mol. The quantitative estimate of drug-likeness (QED) is 0.450. The van der Waals surface area contributed by atoms with Crippen LogP contribution in [-0.2, 0) is 17.8 Å². The van der Waals surface area contributed by atoms with Crippen LogP contribution in [0, 0.1) is 0 Å². The summed E-state index contributed by atoms with van der Waals surface area (Å²) in [6.07, 6.45) is 0.818. The normalized spacial score (nSPS) is 10.7. The number of esters is 1. The van der Waals surface area contributed by atoms with Crippen molar-refractivity contribution in [2.24, 2.45) is 0 Å². The Morgan fingerprint density at radius 3 is 2.57 bits per heavy atom. The van der Waals surface area contributed by atoms with Gasteiger partial charge in [-0.1, -0.05) is 30.7 Å². The molecule has 0 aliphatic heterocycles. The van der Waals surface area contributed by atoms with Gasteiger partial charge < -0.3 is 18.6 Å². The topological polar surface area (TPSA) is 75.0 Å². The lowest BCUT2D eigenvalue weighted by molar-refractivity contribution is 0.0473. The fourth-order valence-electron chi connectivity index (χ4n) is 2.88. The number of halogens is 1. The number of rotatable bonds is 6. The molecule has 3 rings (SSSR count). The minimum atomic E-state index is -0.602. The van der Waals surface area contributed by atoms with E-state index in [0.29, 0.717) is 22.6 Å². The zero-order chi connectivity index (χ0) is 20.3. The second-order valence-corrected chi connectivity index (χ2v) is 6.45. The van der Waals surface area contributed by atoms with Gasteiger partial charge in [0.2, 0.25) is 0 Å². The molecule has 0 spiro atoms. The van der Waals surface area contributed by atoms with Gasteiger partial charge in [-0.3, -0.25) is 0 Å². The molecule has 2 aromatic carbocycles. The van der Waals surface area contributed by atoms with E-state index in [2.05, 4.69) is 0 Å². The van der Waals surface area contributed by atoms with Crippen molar-refractivity contribution in [1.82, 2.24) is 0 Å². The molecule has 0 amide bonds. The molecule has 0 fully saturated rings. The zero-order valence-electron chi connectivity index (χ0n) is 15.7. The van der Waals surface area contributed by atoms with Crippen LogP contribution in [-0.4, -0.2) is 20.2 Å². The van der Waals surface area contributed by atoms with E-state index in [4.69, 9.17) is 30.2 Å². The molecule has 0 unspecified atom stereocenters. The number of ether oxygens (including phenoxy) is 3. The summed E-state index contributed by atoms with van der Waals surface area (Å²) in [7, 11) is 2.90. The Morgan fingerprint density at radius 2 is 1.89 bits per heavy atom. The molecule has 0 bridgehead atoms. The molecule has 0 N–H and O–H groups in total. The number of benzene rings is 2. The number of aryl methyl sites for hydroxylation is 1. The minimum Gasteiger partial charge on any atom is -0.493 e. The summed E-state index contributed by atoms with van der Waals surface area (Å²) < 4.78 is 21.0. The Morgan fingerprint density at radius 1 is 1.11 bits per heavy atom. The largest absolute Gasteiger partial charge is 0.493 e. The molecule has 1 aromatic heterocycles. The van der Waals surface area contributed by atoms with Crippen LogP contribution in [0.15, 0.2) is 45.6 Å². The second-order valence-electron chi connectivity index (χ2n) is 6.04. The van der Waals surface area contributed by atoms with Gasteiger partial charge >= 0.3 is 11.6 Å². The van der Waals surface area contributed by atoms with Crippen LogP contribution in [0.4, 0.5) is 0 Å². The molecule has 28 heavy (non-hydrogen) atoms. The maximum atomic E-state index is 12.5. The Bertz CT molecular complexity index is 1090. The Kier molecular flexibility index (Phi) is 5.90. The van der Waals surface area contributed by atoms with Crippen LogP contribution in [0.2, 0.25) is 5.02 Å². The van der Waals surface area contributed by atoms with Crippen LogP contribution < -0.4 is 15.1 Å². The molecule has 0 saturated carbocycles. The lowest BCUT2D eigenvalue weighted by atomic mass is 10.1. The van der Waals surface area contributed by atoms with E-state index in [1.807, 2.05) is 25.1 Å². The summed E-state index contributed by atoms with van der Waals surface area (Å²) in [6, 6.07) is 9.86. The van der Waals surface area contributed by atoms with E-state index in [-0.39, 0.29) is 17.2 Å². The summed E-state index contributed by atoms with van der Waals surface area (Å²) in [5, 5.41) is 0.946. The summed E-state index contributed by atoms with van der Waals surface area (Å²) in [6.45, 7) is 1.93. The average Bonchev–Trinajstić information content (AvgIpc) is 2.70. The predicted octanol–water partition coefficient (Wildman–Crippen LogP) is 4.38. The Hall–Kier alpha value is -2.99. The molecule has 0 saturated heterocycles. The van der Waals surface area contributed by atoms with Crippen LogP contribution in [0.25, 0.3) is 11.0 Å².